The minimum Gasteiger partial charge on any atom is -0.471 e. The molecule has 0 aromatic carbocycles. The van der Waals surface area contributed by atoms with Crippen molar-refractivity contribution in [3.63, 3.8) is 0 Å². The number of rotatable bonds is 2. The number of pyridine rings is 2. The summed E-state index contributed by atoms with van der Waals surface area (Å²) in [7, 11) is 0. The van der Waals surface area contributed by atoms with Crippen LogP contribution in [0.15, 0.2) is 47.4 Å². The number of anilines is 1. The van der Waals surface area contributed by atoms with E-state index in [4.69, 9.17) is 9.26 Å². The zero-order chi connectivity index (χ0) is 17.4. The lowest BCUT2D eigenvalue weighted by atomic mass is 10.1. The van der Waals surface area contributed by atoms with E-state index in [-0.39, 0.29) is 12.0 Å². The van der Waals surface area contributed by atoms with Crippen molar-refractivity contribution >= 4 is 11.6 Å². The van der Waals surface area contributed by atoms with Crippen molar-refractivity contribution in [1.82, 2.24) is 15.1 Å². The monoisotopic (exact) mass is 336 g/mol. The fourth-order valence-corrected chi connectivity index (χ4v) is 2.91. The number of aryl methyl sites for hydroxylation is 1. The van der Waals surface area contributed by atoms with Gasteiger partial charge in [-0.1, -0.05) is 5.16 Å². The van der Waals surface area contributed by atoms with Gasteiger partial charge in [-0.05, 0) is 38.1 Å². The molecule has 1 aliphatic heterocycles. The Hall–Kier alpha value is -3.22. The minimum absolute atomic E-state index is 0.159. The lowest BCUT2D eigenvalue weighted by Crippen LogP contribution is -2.42. The van der Waals surface area contributed by atoms with E-state index in [9.17, 15) is 4.79 Å². The average Bonchev–Trinajstić information content (AvgIpc) is 3.02. The predicted molar refractivity (Wildman–Crippen MR) is 90.5 cm³/mol. The van der Waals surface area contributed by atoms with E-state index in [1.807, 2.05) is 19.1 Å². The number of hydrogen-bond donors (Lipinski definition) is 0. The maximum absolute atomic E-state index is 13.3. The summed E-state index contributed by atoms with van der Waals surface area (Å²) in [6.07, 6.45) is 4.81. The predicted octanol–water partition coefficient (Wildman–Crippen LogP) is 2.87. The number of carbonyl (C=O) groups excluding carboxylic acids is 1. The average molecular weight is 336 g/mol. The Bertz CT molecular complexity index is 923. The first-order valence-corrected chi connectivity index (χ1v) is 7.95. The molecule has 4 heterocycles. The van der Waals surface area contributed by atoms with Crippen LogP contribution in [0.25, 0.3) is 11.3 Å². The van der Waals surface area contributed by atoms with Crippen LogP contribution in [0, 0.1) is 6.92 Å². The first-order valence-electron chi connectivity index (χ1n) is 7.95. The van der Waals surface area contributed by atoms with Gasteiger partial charge >= 0.3 is 0 Å². The van der Waals surface area contributed by atoms with Crippen molar-refractivity contribution in [1.29, 1.82) is 0 Å². The molecule has 1 amide bonds. The SMILES string of the molecule is Cc1onc(-c2cccnc2)c1C(=O)N1CC(C)Oc2ncccc21. The highest BCUT2D eigenvalue weighted by molar-refractivity contribution is 6.11. The number of amides is 1. The summed E-state index contributed by atoms with van der Waals surface area (Å²) in [5, 5.41) is 4.07. The van der Waals surface area contributed by atoms with Crippen LogP contribution in [0.1, 0.15) is 23.0 Å². The summed E-state index contributed by atoms with van der Waals surface area (Å²) >= 11 is 0. The van der Waals surface area contributed by atoms with E-state index in [2.05, 4.69) is 15.1 Å². The third-order valence-corrected chi connectivity index (χ3v) is 4.05. The van der Waals surface area contributed by atoms with Gasteiger partial charge in [-0.25, -0.2) is 4.98 Å². The molecule has 25 heavy (non-hydrogen) atoms. The third-order valence-electron chi connectivity index (χ3n) is 4.05. The molecule has 1 atom stereocenters. The van der Waals surface area contributed by atoms with Crippen molar-refractivity contribution in [2.75, 3.05) is 11.4 Å². The van der Waals surface area contributed by atoms with Gasteiger partial charge < -0.3 is 9.26 Å². The van der Waals surface area contributed by atoms with Gasteiger partial charge in [0.15, 0.2) is 0 Å². The van der Waals surface area contributed by atoms with E-state index in [0.29, 0.717) is 35.1 Å². The summed E-state index contributed by atoms with van der Waals surface area (Å²) in [5.41, 5.74) is 2.29. The molecule has 7 heteroatoms. The summed E-state index contributed by atoms with van der Waals surface area (Å²) < 4.78 is 11.0. The largest absolute Gasteiger partial charge is 0.471 e. The van der Waals surface area contributed by atoms with Gasteiger partial charge in [-0.3, -0.25) is 14.7 Å². The number of carbonyl (C=O) groups is 1. The molecule has 3 aromatic heterocycles. The zero-order valence-electron chi connectivity index (χ0n) is 13.8. The van der Waals surface area contributed by atoms with Crippen LogP contribution in [0.2, 0.25) is 0 Å². The Balaban J connectivity index is 1.79. The fourth-order valence-electron chi connectivity index (χ4n) is 2.91. The highest BCUT2D eigenvalue weighted by Gasteiger charge is 2.33. The summed E-state index contributed by atoms with van der Waals surface area (Å²) in [5.74, 6) is 0.724. The molecule has 4 rings (SSSR count). The van der Waals surface area contributed by atoms with Gasteiger partial charge in [-0.2, -0.15) is 0 Å². The highest BCUT2D eigenvalue weighted by atomic mass is 16.5. The molecule has 0 saturated carbocycles. The van der Waals surface area contributed by atoms with Gasteiger partial charge in [0.2, 0.25) is 5.88 Å². The van der Waals surface area contributed by atoms with Crippen LogP contribution < -0.4 is 9.64 Å². The molecule has 0 radical (unpaired) electrons. The highest BCUT2D eigenvalue weighted by Crippen LogP contribution is 2.34. The van der Waals surface area contributed by atoms with E-state index < -0.39 is 0 Å². The van der Waals surface area contributed by atoms with Gasteiger partial charge in [0.05, 0.1) is 6.54 Å². The molecule has 1 aliphatic rings. The molecule has 0 saturated heterocycles. The lowest BCUT2D eigenvalue weighted by Gasteiger charge is -2.32. The van der Waals surface area contributed by atoms with Crippen molar-refractivity contribution in [2.45, 2.75) is 20.0 Å². The molecule has 0 aliphatic carbocycles. The Morgan fingerprint density at radius 1 is 1.28 bits per heavy atom. The second kappa shape index (κ2) is 6.01. The van der Waals surface area contributed by atoms with E-state index in [1.54, 1.807) is 42.5 Å². The third kappa shape index (κ3) is 2.63. The Kier molecular flexibility index (Phi) is 3.68. The van der Waals surface area contributed by atoms with Crippen LogP contribution >= 0.6 is 0 Å². The fraction of sp³-hybridized carbons (Fsp3) is 0.222. The Morgan fingerprint density at radius 2 is 2.12 bits per heavy atom. The first kappa shape index (κ1) is 15.3. The first-order chi connectivity index (χ1) is 12.1. The van der Waals surface area contributed by atoms with Gasteiger partial charge in [0.25, 0.3) is 5.91 Å². The van der Waals surface area contributed by atoms with Crippen molar-refractivity contribution in [2.24, 2.45) is 0 Å². The summed E-state index contributed by atoms with van der Waals surface area (Å²) in [4.78, 5) is 23.3. The van der Waals surface area contributed by atoms with Crippen LogP contribution in [0.4, 0.5) is 5.69 Å². The smallest absolute Gasteiger partial charge is 0.264 e. The number of fused-ring (bicyclic) bond motifs is 1. The molecule has 0 bridgehead atoms. The van der Waals surface area contributed by atoms with Crippen LogP contribution in [-0.2, 0) is 0 Å². The molecular weight excluding hydrogens is 320 g/mol. The molecule has 0 N–H and O–H groups in total. The lowest BCUT2D eigenvalue weighted by molar-refractivity contribution is 0.0957. The van der Waals surface area contributed by atoms with Crippen molar-refractivity contribution in [3.8, 4) is 17.1 Å². The number of nitrogens with zero attached hydrogens (tertiary/aromatic N) is 4. The summed E-state index contributed by atoms with van der Waals surface area (Å²) in [6.45, 7) is 4.06. The number of ether oxygens (including phenoxy) is 1. The van der Waals surface area contributed by atoms with Gasteiger partial charge in [0.1, 0.15) is 28.8 Å². The second-order valence-electron chi connectivity index (χ2n) is 5.88. The standard InChI is InChI=1S/C18H16N4O3/c1-11-10-22(14-6-4-8-20-17(14)24-11)18(23)15-12(2)25-21-16(15)13-5-3-7-19-9-13/h3-9,11H,10H2,1-2H3. The maximum Gasteiger partial charge on any atom is 0.264 e. The number of aromatic nitrogens is 3. The van der Waals surface area contributed by atoms with E-state index in [0.717, 1.165) is 5.56 Å². The Morgan fingerprint density at radius 3 is 2.92 bits per heavy atom. The molecule has 1 unspecified atom stereocenters. The van der Waals surface area contributed by atoms with E-state index >= 15 is 0 Å². The topological polar surface area (TPSA) is 81.4 Å². The number of hydrogen-bond acceptors (Lipinski definition) is 6. The Labute approximate surface area is 144 Å². The minimum atomic E-state index is -0.193. The molecule has 0 spiro atoms. The molecule has 126 valence electrons. The quantitative estimate of drug-likeness (QED) is 0.716. The molecule has 7 nitrogen and oxygen atoms in total. The maximum atomic E-state index is 13.3. The molecular formula is C18H16N4O3. The molecule has 0 fully saturated rings. The van der Waals surface area contributed by atoms with Crippen molar-refractivity contribution < 1.29 is 14.1 Å². The zero-order valence-corrected chi connectivity index (χ0v) is 13.8. The van der Waals surface area contributed by atoms with Crippen LogP contribution in [0.5, 0.6) is 5.88 Å². The normalized spacial score (nSPS) is 16.2. The summed E-state index contributed by atoms with van der Waals surface area (Å²) in [6, 6.07) is 7.24. The van der Waals surface area contributed by atoms with Gasteiger partial charge in [0, 0.05) is 24.2 Å². The van der Waals surface area contributed by atoms with Crippen molar-refractivity contribution in [3.05, 3.63) is 54.2 Å². The van der Waals surface area contributed by atoms with Crippen LogP contribution in [0.3, 0.4) is 0 Å². The van der Waals surface area contributed by atoms with Crippen LogP contribution in [-0.4, -0.2) is 33.7 Å². The van der Waals surface area contributed by atoms with E-state index in [1.165, 1.54) is 0 Å². The molecule has 3 aromatic rings. The second-order valence-corrected chi connectivity index (χ2v) is 5.88. The van der Waals surface area contributed by atoms with Gasteiger partial charge in [-0.15, -0.1) is 0 Å².